The molecule has 0 aromatic rings. The molecule has 2 heteroatoms. The molecule has 0 aromatic heterocycles. The Hall–Kier alpha value is -0.530. The van der Waals surface area contributed by atoms with Crippen molar-refractivity contribution in [2.45, 2.75) is 38.7 Å². The van der Waals surface area contributed by atoms with E-state index in [1.54, 1.807) is 6.47 Å². The molecule has 67 valence electrons. The molecule has 0 aromatic carbocycles. The largest absolute Gasteiger partial charge is 0.454 e. The lowest BCUT2D eigenvalue weighted by atomic mass is 9.85. The molecule has 1 radical (unpaired) electrons. The minimum absolute atomic E-state index is 0.0952. The van der Waals surface area contributed by atoms with Gasteiger partial charge in [0.15, 0.2) is 0 Å². The van der Waals surface area contributed by atoms with Gasteiger partial charge in [-0.1, -0.05) is 6.42 Å². The second-order valence-electron chi connectivity index (χ2n) is 4.25. The van der Waals surface area contributed by atoms with Crippen molar-refractivity contribution in [3.8, 4) is 0 Å². The molecule has 0 saturated heterocycles. The monoisotopic (exact) mass is 167 g/mol. The van der Waals surface area contributed by atoms with Crippen LogP contribution < -0.4 is 0 Å². The Balaban J connectivity index is 1.92. The summed E-state index contributed by atoms with van der Waals surface area (Å²) in [5.41, 5.74) is 0. The van der Waals surface area contributed by atoms with Crippen LogP contribution in [-0.4, -0.2) is 12.6 Å². The first-order chi connectivity index (χ1) is 5.81. The molecule has 2 aliphatic rings. The Morgan fingerprint density at radius 2 is 2.25 bits per heavy atom. The number of rotatable bonds is 3. The van der Waals surface area contributed by atoms with Gasteiger partial charge in [-0.15, -0.1) is 0 Å². The van der Waals surface area contributed by atoms with Crippen LogP contribution in [0.25, 0.3) is 0 Å². The summed E-state index contributed by atoms with van der Waals surface area (Å²) in [5, 5.41) is 0. The average Bonchev–Trinajstić information content (AvgIpc) is 2.64. The molecule has 2 nitrogen and oxygen atoms in total. The smallest absolute Gasteiger partial charge is 0.417 e. The van der Waals surface area contributed by atoms with E-state index in [1.165, 1.54) is 25.7 Å². The maximum atomic E-state index is 10.0. The van der Waals surface area contributed by atoms with Crippen molar-refractivity contribution >= 4 is 6.47 Å². The lowest BCUT2D eigenvalue weighted by Gasteiger charge is -2.25. The summed E-state index contributed by atoms with van der Waals surface area (Å²) >= 11 is 0. The van der Waals surface area contributed by atoms with Crippen LogP contribution in [0.1, 0.15) is 32.6 Å². The van der Waals surface area contributed by atoms with E-state index in [1.807, 2.05) is 6.92 Å². The highest BCUT2D eigenvalue weighted by Gasteiger charge is 2.42. The summed E-state index contributed by atoms with van der Waals surface area (Å²) in [7, 11) is 0. The molecule has 4 unspecified atom stereocenters. The minimum Gasteiger partial charge on any atom is -0.454 e. The molecule has 2 bridgehead atoms. The van der Waals surface area contributed by atoms with E-state index in [4.69, 9.17) is 4.74 Å². The van der Waals surface area contributed by atoms with E-state index >= 15 is 0 Å². The van der Waals surface area contributed by atoms with Gasteiger partial charge in [-0.25, -0.2) is 4.79 Å². The first-order valence-corrected chi connectivity index (χ1v) is 4.84. The molecule has 2 fully saturated rings. The molecular weight excluding hydrogens is 152 g/mol. The summed E-state index contributed by atoms with van der Waals surface area (Å²) in [6, 6.07) is 0. The predicted molar refractivity (Wildman–Crippen MR) is 45.2 cm³/mol. The van der Waals surface area contributed by atoms with E-state index in [2.05, 4.69) is 0 Å². The van der Waals surface area contributed by atoms with Gasteiger partial charge in [0.25, 0.3) is 0 Å². The summed E-state index contributed by atoms with van der Waals surface area (Å²) in [6.45, 7) is 3.55. The second kappa shape index (κ2) is 3.08. The molecule has 0 spiro atoms. The Labute approximate surface area is 73.3 Å². The minimum atomic E-state index is 0.0952. The van der Waals surface area contributed by atoms with E-state index in [9.17, 15) is 4.79 Å². The van der Waals surface area contributed by atoms with Gasteiger partial charge in [0.05, 0.1) is 0 Å². The van der Waals surface area contributed by atoms with Crippen molar-refractivity contribution in [1.29, 1.82) is 0 Å². The topological polar surface area (TPSA) is 26.3 Å². The van der Waals surface area contributed by atoms with Crippen molar-refractivity contribution in [3.05, 3.63) is 0 Å². The van der Waals surface area contributed by atoms with Crippen molar-refractivity contribution in [3.63, 3.8) is 0 Å². The Morgan fingerprint density at radius 1 is 1.42 bits per heavy atom. The molecule has 0 aliphatic heterocycles. The van der Waals surface area contributed by atoms with Crippen LogP contribution in [0.3, 0.4) is 0 Å². The molecule has 2 rings (SSSR count). The maximum absolute atomic E-state index is 10.0. The van der Waals surface area contributed by atoms with Crippen molar-refractivity contribution in [2.75, 3.05) is 0 Å². The first kappa shape index (κ1) is 8.09. The molecule has 4 atom stereocenters. The van der Waals surface area contributed by atoms with Gasteiger partial charge in [0.2, 0.25) is 0 Å². The van der Waals surface area contributed by atoms with Gasteiger partial charge < -0.3 is 4.74 Å². The van der Waals surface area contributed by atoms with Crippen LogP contribution >= 0.6 is 0 Å². The zero-order valence-corrected chi connectivity index (χ0v) is 7.45. The maximum Gasteiger partial charge on any atom is 0.417 e. The molecule has 0 N–H and O–H groups in total. The van der Waals surface area contributed by atoms with Crippen LogP contribution in [0.4, 0.5) is 0 Å². The Morgan fingerprint density at radius 3 is 2.75 bits per heavy atom. The van der Waals surface area contributed by atoms with Crippen LogP contribution in [0.2, 0.25) is 0 Å². The molecular formula is C10H15O2. The Kier molecular flexibility index (Phi) is 2.07. The fourth-order valence-electron chi connectivity index (χ4n) is 3.03. The molecule has 2 saturated carbocycles. The SMILES string of the molecule is CC(O[C]=O)C1CC2CCC1C2. The van der Waals surface area contributed by atoms with Gasteiger partial charge >= 0.3 is 6.47 Å². The van der Waals surface area contributed by atoms with E-state index in [0.29, 0.717) is 5.92 Å². The molecule has 0 amide bonds. The molecule has 12 heavy (non-hydrogen) atoms. The first-order valence-electron chi connectivity index (χ1n) is 4.84. The van der Waals surface area contributed by atoms with Crippen LogP contribution in [-0.2, 0) is 9.53 Å². The zero-order valence-electron chi connectivity index (χ0n) is 7.45. The highest BCUT2D eigenvalue weighted by atomic mass is 16.5. The lowest BCUT2D eigenvalue weighted by Crippen LogP contribution is -2.25. The lowest BCUT2D eigenvalue weighted by molar-refractivity contribution is 0.0968. The third kappa shape index (κ3) is 1.23. The third-order valence-corrected chi connectivity index (χ3v) is 3.63. The van der Waals surface area contributed by atoms with Crippen LogP contribution in [0.5, 0.6) is 0 Å². The van der Waals surface area contributed by atoms with Crippen molar-refractivity contribution in [1.82, 2.24) is 0 Å². The number of hydrogen-bond donors (Lipinski definition) is 0. The molecule has 2 aliphatic carbocycles. The average molecular weight is 167 g/mol. The number of carbonyl (C=O) groups excluding carboxylic acids is 1. The number of hydrogen-bond acceptors (Lipinski definition) is 2. The summed E-state index contributed by atoms with van der Waals surface area (Å²) in [6.07, 6.45) is 5.49. The van der Waals surface area contributed by atoms with Crippen molar-refractivity contribution in [2.24, 2.45) is 17.8 Å². The van der Waals surface area contributed by atoms with Gasteiger partial charge in [-0.3, -0.25) is 0 Å². The predicted octanol–water partition coefficient (Wildman–Crippen LogP) is 1.89. The summed E-state index contributed by atoms with van der Waals surface area (Å²) in [4.78, 5) is 10.0. The summed E-state index contributed by atoms with van der Waals surface area (Å²) in [5.74, 6) is 2.39. The highest BCUT2D eigenvalue weighted by Crippen LogP contribution is 2.49. The Bertz CT molecular complexity index is 179. The van der Waals surface area contributed by atoms with Crippen LogP contribution in [0, 0.1) is 17.8 Å². The fourth-order valence-corrected chi connectivity index (χ4v) is 3.03. The third-order valence-electron chi connectivity index (χ3n) is 3.63. The standard InChI is InChI=1S/C10H15O2/c1-7(12-6-11)10-5-8-2-3-9(10)4-8/h7-10H,2-5H2,1H3. The normalized spacial score (nSPS) is 41.2. The second-order valence-corrected chi connectivity index (χ2v) is 4.25. The van der Waals surface area contributed by atoms with Gasteiger partial charge in [-0.05, 0) is 43.9 Å². The van der Waals surface area contributed by atoms with Gasteiger partial charge in [0.1, 0.15) is 6.10 Å². The molecule has 0 heterocycles. The summed E-state index contributed by atoms with van der Waals surface area (Å²) < 4.78 is 4.87. The van der Waals surface area contributed by atoms with Crippen LogP contribution in [0.15, 0.2) is 0 Å². The number of ether oxygens (including phenoxy) is 1. The fraction of sp³-hybridized carbons (Fsp3) is 0.900. The highest BCUT2D eigenvalue weighted by molar-refractivity contribution is 5.38. The zero-order chi connectivity index (χ0) is 8.55. The quantitative estimate of drug-likeness (QED) is 0.641. The van der Waals surface area contributed by atoms with Gasteiger partial charge in [0, 0.05) is 0 Å². The van der Waals surface area contributed by atoms with E-state index < -0.39 is 0 Å². The van der Waals surface area contributed by atoms with E-state index in [-0.39, 0.29) is 6.10 Å². The van der Waals surface area contributed by atoms with E-state index in [0.717, 1.165) is 11.8 Å². The number of fused-ring (bicyclic) bond motifs is 2. The van der Waals surface area contributed by atoms with Gasteiger partial charge in [-0.2, -0.15) is 0 Å². The van der Waals surface area contributed by atoms with Crippen molar-refractivity contribution < 1.29 is 9.53 Å².